The van der Waals surface area contributed by atoms with E-state index in [-0.39, 0.29) is 34.3 Å². The zero-order chi connectivity index (χ0) is 40.7. The third-order valence-electron chi connectivity index (χ3n) is 9.07. The smallest absolute Gasteiger partial charge is 0.339 e. The molecule has 0 fully saturated rings. The van der Waals surface area contributed by atoms with Crippen LogP contribution in [0.5, 0.6) is 17.2 Å². The lowest BCUT2D eigenvalue weighted by atomic mass is 9.84. The summed E-state index contributed by atoms with van der Waals surface area (Å²) in [4.78, 5) is 28.5. The summed E-state index contributed by atoms with van der Waals surface area (Å²) in [6.07, 6.45) is 12.1. The van der Waals surface area contributed by atoms with Gasteiger partial charge >= 0.3 is 15.8 Å². The van der Waals surface area contributed by atoms with E-state index < -0.39 is 53.6 Å². The maximum absolute atomic E-state index is 14.4. The summed E-state index contributed by atoms with van der Waals surface area (Å²) in [6.45, 7) is 8.34. The van der Waals surface area contributed by atoms with Crippen LogP contribution >= 0.6 is 11.6 Å². The molecule has 0 saturated heterocycles. The first-order valence-electron chi connectivity index (χ1n) is 19.0. The van der Waals surface area contributed by atoms with Crippen molar-refractivity contribution in [2.75, 3.05) is 5.32 Å². The zero-order valence-electron chi connectivity index (χ0n) is 32.6. The third-order valence-corrected chi connectivity index (χ3v) is 12.8. The van der Waals surface area contributed by atoms with Gasteiger partial charge in [0.25, 0.3) is 5.91 Å². The number of unbranched alkanes of at least 4 members (excludes halogenated alkanes) is 10. The van der Waals surface area contributed by atoms with Crippen LogP contribution in [0.3, 0.4) is 0 Å². The van der Waals surface area contributed by atoms with E-state index in [2.05, 4.69) is 17.0 Å². The Kier molecular flexibility index (Phi) is 17.5. The Morgan fingerprint density at radius 3 is 1.76 bits per heavy atom. The number of carbonyl (C=O) groups excluding carboxylic acids is 2. The second-order valence-electron chi connectivity index (χ2n) is 14.9. The van der Waals surface area contributed by atoms with Crippen LogP contribution < -0.4 is 19.0 Å². The highest BCUT2D eigenvalue weighted by molar-refractivity contribution is 7.90. The molecular formula is C41H57ClN2O9S2. The van der Waals surface area contributed by atoms with Crippen LogP contribution in [-0.4, -0.2) is 50.0 Å². The Morgan fingerprint density at radius 1 is 0.745 bits per heavy atom. The average Bonchev–Trinajstić information content (AvgIpc) is 3.12. The summed E-state index contributed by atoms with van der Waals surface area (Å²) < 4.78 is 68.4. The number of rotatable bonds is 24. The predicted molar refractivity (Wildman–Crippen MR) is 217 cm³/mol. The Morgan fingerprint density at radius 2 is 1.25 bits per heavy atom. The van der Waals surface area contributed by atoms with E-state index in [4.69, 9.17) is 20.5 Å². The van der Waals surface area contributed by atoms with Gasteiger partial charge in [-0.3, -0.25) is 9.59 Å². The van der Waals surface area contributed by atoms with Crippen molar-refractivity contribution < 1.29 is 40.5 Å². The molecule has 0 radical (unpaired) electrons. The molecule has 55 heavy (non-hydrogen) atoms. The minimum atomic E-state index is -4.55. The van der Waals surface area contributed by atoms with Crippen molar-refractivity contribution in [3.8, 4) is 17.2 Å². The number of aromatic hydroxyl groups is 1. The van der Waals surface area contributed by atoms with Crippen molar-refractivity contribution in [2.45, 2.75) is 133 Å². The molecule has 1 amide bonds. The second-order valence-corrected chi connectivity index (χ2v) is 19.0. The Balaban J connectivity index is 1.91. The Hall–Kier alpha value is -3.65. The second kappa shape index (κ2) is 21.0. The van der Waals surface area contributed by atoms with E-state index in [0.717, 1.165) is 37.8 Å². The van der Waals surface area contributed by atoms with Crippen molar-refractivity contribution >= 4 is 49.1 Å². The number of nitrogens with one attached hydrogen (secondary N) is 2. The van der Waals surface area contributed by atoms with Gasteiger partial charge in [-0.25, -0.2) is 8.42 Å². The number of carbonyl (C=O) groups is 2. The molecule has 3 N–H and O–H groups in total. The van der Waals surface area contributed by atoms with Gasteiger partial charge in [0.05, 0.1) is 5.25 Å². The molecular weight excluding hydrogens is 764 g/mol. The van der Waals surface area contributed by atoms with Gasteiger partial charge in [0, 0.05) is 16.5 Å². The maximum atomic E-state index is 14.4. The van der Waals surface area contributed by atoms with Crippen LogP contribution in [-0.2, 0) is 29.7 Å². The molecule has 0 aliphatic heterocycles. The SMILES string of the molecule is CCCCCCCCCCCCCC(C(C)Cl)S(=O)(=O)NC(Oc1ccc(S(=O)(=O)Oc2ccc(O)cc2)cc1)(C(=O)Nc1ccccc1)C(=O)C(C)(C)C. The van der Waals surface area contributed by atoms with Gasteiger partial charge in [-0.2, -0.15) is 13.1 Å². The molecule has 304 valence electrons. The van der Waals surface area contributed by atoms with Crippen molar-refractivity contribution in [2.24, 2.45) is 5.41 Å². The molecule has 3 atom stereocenters. The van der Waals surface area contributed by atoms with Crippen LogP contribution in [0.25, 0.3) is 0 Å². The number of halogens is 1. The number of hydrogen-bond acceptors (Lipinski definition) is 9. The van der Waals surface area contributed by atoms with Crippen LogP contribution in [0.2, 0.25) is 0 Å². The Bertz CT molecular complexity index is 1870. The number of hydrogen-bond donors (Lipinski definition) is 3. The van der Waals surface area contributed by atoms with E-state index in [1.54, 1.807) is 37.3 Å². The monoisotopic (exact) mass is 820 g/mol. The van der Waals surface area contributed by atoms with Gasteiger partial charge in [-0.15, -0.1) is 11.6 Å². The van der Waals surface area contributed by atoms with Gasteiger partial charge in [0.15, 0.2) is 0 Å². The first-order chi connectivity index (χ1) is 25.9. The number of alkyl halides is 1. The molecule has 3 unspecified atom stereocenters. The average molecular weight is 821 g/mol. The lowest BCUT2D eigenvalue weighted by molar-refractivity contribution is -0.152. The molecule has 0 aromatic heterocycles. The minimum absolute atomic E-state index is 0.0452. The number of benzene rings is 3. The quantitative estimate of drug-likeness (QED) is 0.0263. The van der Waals surface area contributed by atoms with Crippen molar-refractivity contribution in [3.05, 3.63) is 78.9 Å². The molecule has 3 aromatic rings. The third kappa shape index (κ3) is 14.1. The van der Waals surface area contributed by atoms with E-state index >= 15 is 0 Å². The van der Waals surface area contributed by atoms with Crippen molar-refractivity contribution in [1.29, 1.82) is 0 Å². The van der Waals surface area contributed by atoms with Crippen LogP contribution in [0, 0.1) is 5.41 Å². The summed E-state index contributed by atoms with van der Waals surface area (Å²) in [7, 11) is -8.91. The summed E-state index contributed by atoms with van der Waals surface area (Å²) in [5.41, 5.74) is -3.90. The van der Waals surface area contributed by atoms with Gasteiger partial charge < -0.3 is 19.3 Å². The number of Topliss-reactive ketones (excluding diaryl/α,β-unsaturated/α-hetero) is 1. The first-order valence-corrected chi connectivity index (χ1v) is 22.4. The van der Waals surface area contributed by atoms with E-state index in [1.807, 2.05) is 0 Å². The number of ketones is 1. The number of anilines is 1. The first kappa shape index (κ1) is 45.7. The van der Waals surface area contributed by atoms with Gasteiger partial charge in [-0.05, 0) is 74.0 Å². The summed E-state index contributed by atoms with van der Waals surface area (Å²) in [5.74, 6) is -2.32. The Labute approximate surface area is 332 Å². The van der Waals surface area contributed by atoms with Crippen LogP contribution in [0.1, 0.15) is 112 Å². The molecule has 11 nitrogen and oxygen atoms in total. The molecule has 0 heterocycles. The summed E-state index contributed by atoms with van der Waals surface area (Å²) in [6, 6.07) is 17.9. The van der Waals surface area contributed by atoms with E-state index in [0.29, 0.717) is 6.42 Å². The van der Waals surface area contributed by atoms with Crippen molar-refractivity contribution in [3.63, 3.8) is 0 Å². The molecule has 3 aromatic carbocycles. The highest BCUT2D eigenvalue weighted by Gasteiger charge is 2.56. The van der Waals surface area contributed by atoms with Gasteiger partial charge in [0.2, 0.25) is 15.8 Å². The molecule has 0 saturated carbocycles. The van der Waals surface area contributed by atoms with Gasteiger partial charge in [-0.1, -0.05) is 117 Å². The van der Waals surface area contributed by atoms with E-state index in [1.165, 1.54) is 95.7 Å². The standard InChI is InChI=1S/C41H57ClN2O9S2/c1-6-7-8-9-10-11-12-13-14-15-19-22-37(31(2)42)54(48,49)44-41(38(46)40(3,4)5,39(47)43-32-20-17-16-18-21-32)52-34-27-29-36(30-28-34)55(50,51)53-35-25-23-33(45)24-26-35/h16-18,20-21,23-31,37,44-45H,6-15,19,22H2,1-5H3,(H,43,47). The lowest BCUT2D eigenvalue weighted by Gasteiger charge is -2.37. The number of para-hydroxylation sites is 1. The largest absolute Gasteiger partial charge is 0.508 e. The predicted octanol–water partition coefficient (Wildman–Crippen LogP) is 9.11. The number of amides is 1. The highest BCUT2D eigenvalue weighted by Crippen LogP contribution is 2.32. The van der Waals surface area contributed by atoms with Gasteiger partial charge in [0.1, 0.15) is 22.1 Å². The summed E-state index contributed by atoms with van der Waals surface area (Å²) in [5, 5.41) is 10.1. The maximum Gasteiger partial charge on any atom is 0.339 e. The van der Waals surface area contributed by atoms with Crippen LogP contribution in [0.4, 0.5) is 5.69 Å². The summed E-state index contributed by atoms with van der Waals surface area (Å²) >= 11 is 6.53. The molecule has 14 heteroatoms. The molecule has 0 aliphatic carbocycles. The van der Waals surface area contributed by atoms with Crippen LogP contribution in [0.15, 0.2) is 83.8 Å². The fraction of sp³-hybridized carbons (Fsp3) is 0.512. The topological polar surface area (TPSA) is 165 Å². The molecule has 0 aliphatic rings. The number of phenolic OH excluding ortho intramolecular Hbond substituents is 1. The number of ether oxygens (including phenoxy) is 1. The fourth-order valence-electron chi connectivity index (χ4n) is 6.02. The zero-order valence-corrected chi connectivity index (χ0v) is 34.9. The number of sulfonamides is 1. The minimum Gasteiger partial charge on any atom is -0.508 e. The molecule has 0 bridgehead atoms. The fourth-order valence-corrected chi connectivity index (χ4v) is 9.24. The molecule has 3 rings (SSSR count). The van der Waals surface area contributed by atoms with E-state index in [9.17, 15) is 31.5 Å². The lowest BCUT2D eigenvalue weighted by Crippen LogP contribution is -2.69. The number of phenols is 1. The highest BCUT2D eigenvalue weighted by atomic mass is 35.5. The van der Waals surface area contributed by atoms with Crippen molar-refractivity contribution in [1.82, 2.24) is 4.72 Å². The molecule has 0 spiro atoms. The normalized spacial score (nSPS) is 14.4.